The van der Waals surface area contributed by atoms with E-state index in [1.807, 2.05) is 0 Å². The van der Waals surface area contributed by atoms with Gasteiger partial charge in [0.1, 0.15) is 0 Å². The van der Waals surface area contributed by atoms with Crippen LogP contribution in [-0.2, 0) is 17.1 Å². The fourth-order valence-corrected chi connectivity index (χ4v) is 0. The molecule has 0 aromatic heterocycles. The quantitative estimate of drug-likeness (QED) is 0.424. The van der Waals surface area contributed by atoms with Crippen molar-refractivity contribution >= 4 is 0 Å². The Balaban J connectivity index is -0.00000000655. The van der Waals surface area contributed by atoms with E-state index in [1.165, 1.54) is 0 Å². The maximum atomic E-state index is 6.25. The second kappa shape index (κ2) is 105. The van der Waals surface area contributed by atoms with Gasteiger partial charge in [-0.15, -0.1) is 0 Å². The molecule has 0 aliphatic carbocycles. The van der Waals surface area contributed by atoms with E-state index in [2.05, 4.69) is 0 Å². The molecule has 0 saturated heterocycles. The minimum atomic E-state index is 0. The molecule has 0 saturated carbocycles. The van der Waals surface area contributed by atoms with Crippen molar-refractivity contribution in [1.29, 1.82) is 31.6 Å². The van der Waals surface area contributed by atoms with Crippen LogP contribution in [0.4, 0.5) is 0 Å². The van der Waals surface area contributed by atoms with E-state index in [1.54, 1.807) is 0 Å². The molecule has 0 heterocycles. The molecule has 0 atom stereocenters. The Morgan fingerprint density at radius 2 is 0.308 bits per heavy atom. The Hall–Kier alpha value is -2.54. The summed E-state index contributed by atoms with van der Waals surface area (Å²) in [5, 5.41) is 37.5. The third kappa shape index (κ3) is 81.6. The van der Waals surface area contributed by atoms with E-state index in [9.17, 15) is 0 Å². The topological polar surface area (TPSA) is 143 Å². The Labute approximate surface area is 88.5 Å². The largest absolute Gasteiger partial charge is 2.00 e. The van der Waals surface area contributed by atoms with Gasteiger partial charge >= 0.3 is 17.1 Å². The predicted octanol–water partition coefficient (Wildman–Crippen LogP) is 0.576. The zero-order chi connectivity index (χ0) is 12.0. The molecular formula is C6FeN6-4. The van der Waals surface area contributed by atoms with E-state index >= 15 is 0 Å². The number of hydrogen-bond donors (Lipinski definition) is 0. The van der Waals surface area contributed by atoms with Gasteiger partial charge in [-0.1, -0.05) is 0 Å². The molecule has 13 heavy (non-hydrogen) atoms. The van der Waals surface area contributed by atoms with Crippen molar-refractivity contribution in [2.45, 2.75) is 0 Å². The van der Waals surface area contributed by atoms with Crippen LogP contribution in [0.15, 0.2) is 0 Å². The van der Waals surface area contributed by atoms with Gasteiger partial charge in [-0.3, -0.25) is 0 Å². The van der Waals surface area contributed by atoms with Crippen molar-refractivity contribution in [1.82, 2.24) is 0 Å². The summed E-state index contributed by atoms with van der Waals surface area (Å²) in [5.74, 6) is 0. The normalized spacial score (nSPS) is 0.923. The van der Waals surface area contributed by atoms with Crippen molar-refractivity contribution in [3.05, 3.63) is 39.4 Å². The van der Waals surface area contributed by atoms with Gasteiger partial charge in [0.15, 0.2) is 0 Å². The third-order valence-electron chi connectivity index (χ3n) is 0. The Bertz CT molecular complexity index is 92.1. The summed E-state index contributed by atoms with van der Waals surface area (Å²) in [6.07, 6.45) is 0. The maximum absolute atomic E-state index is 6.25. The summed E-state index contributed by atoms with van der Waals surface area (Å²) in [6, 6.07) is 0. The van der Waals surface area contributed by atoms with Crippen molar-refractivity contribution in [2.24, 2.45) is 0 Å². The van der Waals surface area contributed by atoms with Crippen LogP contribution in [-0.4, -0.2) is 0 Å². The number of rotatable bonds is 0. The molecule has 7 heteroatoms. The van der Waals surface area contributed by atoms with Crippen molar-refractivity contribution in [3.8, 4) is 0 Å². The zero-order valence-corrected chi connectivity index (χ0v) is 7.14. The minimum Gasteiger partial charge on any atom is -0.512 e. The molecule has 0 rings (SSSR count). The van der Waals surface area contributed by atoms with Crippen LogP contribution in [0.1, 0.15) is 0 Å². The fraction of sp³-hybridized carbons (Fsp3) is 0. The average Bonchev–Trinajstić information content (AvgIpc) is 2.33. The van der Waals surface area contributed by atoms with Crippen LogP contribution < -0.4 is 0 Å². The average molecular weight is 212 g/mol. The predicted molar refractivity (Wildman–Crippen MR) is 29.8 cm³/mol. The monoisotopic (exact) mass is 212 g/mol. The van der Waals surface area contributed by atoms with Crippen LogP contribution in [0.2, 0.25) is 0 Å². The van der Waals surface area contributed by atoms with Gasteiger partial charge < -0.3 is 71.0 Å². The van der Waals surface area contributed by atoms with E-state index in [4.69, 9.17) is 71.0 Å². The molecule has 0 N–H and O–H groups in total. The first kappa shape index (κ1) is 78.2. The van der Waals surface area contributed by atoms with Crippen molar-refractivity contribution in [2.75, 3.05) is 0 Å². The molecular weight excluding hydrogens is 212 g/mol. The summed E-state index contributed by atoms with van der Waals surface area (Å²) in [7, 11) is 0. The molecule has 0 aromatic rings. The van der Waals surface area contributed by atoms with Crippen LogP contribution in [0.25, 0.3) is 0 Å². The summed E-state index contributed by atoms with van der Waals surface area (Å²) >= 11 is 0. The third-order valence-corrected chi connectivity index (χ3v) is 0. The van der Waals surface area contributed by atoms with E-state index in [0.717, 1.165) is 0 Å². The van der Waals surface area contributed by atoms with E-state index in [-0.39, 0.29) is 17.1 Å². The summed E-state index contributed by atoms with van der Waals surface area (Å²) in [4.78, 5) is 0. The van der Waals surface area contributed by atoms with E-state index < -0.39 is 0 Å². The smallest absolute Gasteiger partial charge is 0.512 e. The molecule has 0 spiro atoms. The molecule has 0 unspecified atom stereocenters. The molecule has 0 fully saturated rings. The van der Waals surface area contributed by atoms with E-state index in [0.29, 0.717) is 0 Å². The van der Waals surface area contributed by atoms with Gasteiger partial charge in [0.25, 0.3) is 0 Å². The Morgan fingerprint density at radius 1 is 0.308 bits per heavy atom. The summed E-state index contributed by atoms with van der Waals surface area (Å²) < 4.78 is 0. The van der Waals surface area contributed by atoms with Crippen LogP contribution >= 0.6 is 0 Å². The standard InChI is InChI=1S/6CN.Fe/c6*1-2;/q6*-1;+2. The van der Waals surface area contributed by atoms with Crippen molar-refractivity contribution in [3.63, 3.8) is 0 Å². The maximum Gasteiger partial charge on any atom is 2.00 e. The van der Waals surface area contributed by atoms with Crippen LogP contribution in [0.3, 0.4) is 0 Å². The van der Waals surface area contributed by atoms with Crippen LogP contribution in [0, 0.1) is 71.0 Å². The molecule has 6 nitrogen and oxygen atoms in total. The molecule has 0 aliphatic rings. The first-order valence-corrected chi connectivity index (χ1v) is 1.34. The number of hydrogen-bond acceptors (Lipinski definition) is 6. The minimum absolute atomic E-state index is 0. The van der Waals surface area contributed by atoms with Gasteiger partial charge in [-0.05, 0) is 0 Å². The van der Waals surface area contributed by atoms with Crippen LogP contribution in [0.5, 0.6) is 0 Å². The molecule has 0 aromatic carbocycles. The Kier molecular flexibility index (Phi) is 631. The fourth-order valence-electron chi connectivity index (χ4n) is 0. The zero-order valence-electron chi connectivity index (χ0n) is 6.04. The number of nitrogens with zero attached hydrogens (tertiary/aromatic N) is 6. The molecule has 66 valence electrons. The van der Waals surface area contributed by atoms with Gasteiger partial charge in [-0.25, -0.2) is 0 Å². The first-order chi connectivity index (χ1) is 6.00. The van der Waals surface area contributed by atoms with Gasteiger partial charge in [-0.2, -0.15) is 0 Å². The first-order valence-electron chi connectivity index (χ1n) is 1.34. The molecule has 0 amide bonds. The summed E-state index contributed by atoms with van der Waals surface area (Å²) in [6.45, 7) is 28.5. The molecule has 0 aliphatic heterocycles. The van der Waals surface area contributed by atoms with Gasteiger partial charge in [0.2, 0.25) is 0 Å². The van der Waals surface area contributed by atoms with Gasteiger partial charge in [0.05, 0.1) is 0 Å². The molecule has 0 bridgehead atoms. The second-order valence-electron chi connectivity index (χ2n) is 0. The SMILES string of the molecule is [C-]#N.[C-]#N.[C-]#N.[C-]#N.[C-]#N.[C-]#N.[Fe+2]. The Morgan fingerprint density at radius 3 is 0.308 bits per heavy atom. The second-order valence-corrected chi connectivity index (χ2v) is 0. The van der Waals surface area contributed by atoms with Crippen molar-refractivity contribution < 1.29 is 17.1 Å². The van der Waals surface area contributed by atoms with Gasteiger partial charge in [0, 0.05) is 0 Å². The summed E-state index contributed by atoms with van der Waals surface area (Å²) in [5.41, 5.74) is 0. The molecule has 0 radical (unpaired) electrons.